The van der Waals surface area contributed by atoms with Crippen LogP contribution in [-0.4, -0.2) is 32.1 Å². The summed E-state index contributed by atoms with van der Waals surface area (Å²) in [5, 5.41) is 9.07. The molecule has 0 aromatic heterocycles. The van der Waals surface area contributed by atoms with Gasteiger partial charge < -0.3 is 5.11 Å². The number of benzene rings is 2. The van der Waals surface area contributed by atoms with E-state index >= 15 is 0 Å². The largest absolute Gasteiger partial charge is 0.480 e. The number of sulfonamides is 1. The molecule has 124 valence electrons. The number of anilines is 2. The van der Waals surface area contributed by atoms with E-state index in [9.17, 15) is 18.0 Å². The van der Waals surface area contributed by atoms with Crippen LogP contribution in [0.1, 0.15) is 5.56 Å². The molecule has 2 amide bonds. The highest BCUT2D eigenvalue weighted by Crippen LogP contribution is 2.36. The lowest BCUT2D eigenvalue weighted by molar-refractivity contribution is -0.135. The summed E-state index contributed by atoms with van der Waals surface area (Å²) in [6.07, 6.45) is 0. The number of nitrogens with zero attached hydrogens (tertiary/aromatic N) is 2. The molecule has 0 saturated carbocycles. The highest BCUT2D eigenvalue weighted by atomic mass is 32.2. The van der Waals surface area contributed by atoms with Gasteiger partial charge in [-0.05, 0) is 31.2 Å². The minimum Gasteiger partial charge on any atom is -0.480 e. The summed E-state index contributed by atoms with van der Waals surface area (Å²) in [5.41, 5.74) is 1.13. The van der Waals surface area contributed by atoms with Crippen molar-refractivity contribution in [3.05, 3.63) is 54.1 Å². The Morgan fingerprint density at radius 2 is 1.71 bits per heavy atom. The Hall–Kier alpha value is -2.87. The minimum atomic E-state index is -4.12. The molecule has 3 rings (SSSR count). The molecule has 0 atom stereocenters. The van der Waals surface area contributed by atoms with E-state index in [2.05, 4.69) is 0 Å². The predicted octanol–water partition coefficient (Wildman–Crippen LogP) is 2.21. The summed E-state index contributed by atoms with van der Waals surface area (Å²) in [7, 11) is -4.12. The van der Waals surface area contributed by atoms with Gasteiger partial charge in [0.25, 0.3) is 10.0 Å². The number of rotatable bonds is 3. The molecule has 2 aromatic carbocycles. The molecule has 8 heteroatoms. The first-order valence-electron chi connectivity index (χ1n) is 7.06. The predicted molar refractivity (Wildman–Crippen MR) is 87.7 cm³/mol. The van der Waals surface area contributed by atoms with E-state index in [0.29, 0.717) is 4.31 Å². The zero-order chi connectivity index (χ0) is 17.5. The van der Waals surface area contributed by atoms with Crippen molar-refractivity contribution in [2.24, 2.45) is 0 Å². The third-order valence-electron chi connectivity index (χ3n) is 3.64. The van der Waals surface area contributed by atoms with Gasteiger partial charge in [-0.3, -0.25) is 9.69 Å². The molecule has 0 unspecified atom stereocenters. The highest BCUT2D eigenvalue weighted by molar-refractivity contribution is 7.94. The van der Waals surface area contributed by atoms with E-state index in [1.807, 2.05) is 6.92 Å². The van der Waals surface area contributed by atoms with E-state index in [-0.39, 0.29) is 16.3 Å². The molecular formula is C16H14N2O5S. The van der Waals surface area contributed by atoms with E-state index in [1.165, 1.54) is 30.3 Å². The summed E-state index contributed by atoms with van der Waals surface area (Å²) in [6, 6.07) is 11.3. The molecule has 0 saturated heterocycles. The Bertz CT molecular complexity index is 922. The SMILES string of the molecule is Cc1ccc(N2C(=O)N(CC(=O)O)c3ccccc3S2(=O)=O)cc1. The maximum Gasteiger partial charge on any atom is 0.343 e. The fourth-order valence-corrected chi connectivity index (χ4v) is 4.12. The molecule has 1 N–H and O–H groups in total. The fraction of sp³-hybridized carbons (Fsp3) is 0.125. The van der Waals surface area contributed by atoms with E-state index in [0.717, 1.165) is 10.5 Å². The second-order valence-corrected chi connectivity index (χ2v) is 7.09. The molecule has 1 aliphatic rings. The van der Waals surface area contributed by atoms with Crippen molar-refractivity contribution >= 4 is 33.4 Å². The third kappa shape index (κ3) is 2.50. The Kier molecular flexibility index (Phi) is 3.76. The molecule has 1 aliphatic heterocycles. The van der Waals surface area contributed by atoms with E-state index in [4.69, 9.17) is 5.11 Å². The number of urea groups is 1. The number of hydrogen-bond donors (Lipinski definition) is 1. The number of para-hydroxylation sites is 1. The number of aryl methyl sites for hydroxylation is 1. The normalized spacial score (nSPS) is 16.0. The Balaban J connectivity index is 2.22. The number of fused-ring (bicyclic) bond motifs is 1. The van der Waals surface area contributed by atoms with Gasteiger partial charge in [0.15, 0.2) is 0 Å². The van der Waals surface area contributed by atoms with Gasteiger partial charge in [0.1, 0.15) is 11.4 Å². The van der Waals surface area contributed by atoms with Crippen molar-refractivity contribution in [1.29, 1.82) is 0 Å². The monoisotopic (exact) mass is 346 g/mol. The number of amides is 2. The topological polar surface area (TPSA) is 95.0 Å². The summed E-state index contributed by atoms with van der Waals surface area (Å²) < 4.78 is 26.4. The molecule has 24 heavy (non-hydrogen) atoms. The quantitative estimate of drug-likeness (QED) is 0.919. The number of carbonyl (C=O) groups is 2. The lowest BCUT2D eigenvalue weighted by atomic mass is 10.2. The van der Waals surface area contributed by atoms with Crippen molar-refractivity contribution in [3.8, 4) is 0 Å². The van der Waals surface area contributed by atoms with Gasteiger partial charge in [0, 0.05) is 0 Å². The average molecular weight is 346 g/mol. The van der Waals surface area contributed by atoms with Crippen LogP contribution in [0.25, 0.3) is 0 Å². The van der Waals surface area contributed by atoms with E-state index < -0.39 is 28.6 Å². The second-order valence-electron chi connectivity index (χ2n) is 5.34. The molecule has 0 fully saturated rings. The van der Waals surface area contributed by atoms with Crippen LogP contribution in [0.3, 0.4) is 0 Å². The van der Waals surface area contributed by atoms with Crippen LogP contribution in [0.15, 0.2) is 53.4 Å². The lowest BCUT2D eigenvalue weighted by Gasteiger charge is -2.35. The van der Waals surface area contributed by atoms with Gasteiger partial charge in [-0.1, -0.05) is 29.8 Å². The molecule has 0 spiro atoms. The van der Waals surface area contributed by atoms with Crippen molar-refractivity contribution in [1.82, 2.24) is 0 Å². The first kappa shape index (κ1) is 16.0. The smallest absolute Gasteiger partial charge is 0.343 e. The summed E-state index contributed by atoms with van der Waals surface area (Å²) in [4.78, 5) is 24.7. The number of hydrogen-bond acceptors (Lipinski definition) is 4. The van der Waals surface area contributed by atoms with Gasteiger partial charge in [-0.25, -0.2) is 13.2 Å². The van der Waals surface area contributed by atoms with Crippen LogP contribution in [0, 0.1) is 6.92 Å². The fourth-order valence-electron chi connectivity index (χ4n) is 2.53. The Morgan fingerprint density at radius 1 is 1.08 bits per heavy atom. The number of carboxylic acid groups (broad SMARTS) is 1. The summed E-state index contributed by atoms with van der Waals surface area (Å²) >= 11 is 0. The number of carbonyl (C=O) groups excluding carboxylic acids is 1. The molecule has 7 nitrogen and oxygen atoms in total. The maximum absolute atomic E-state index is 12.9. The zero-order valence-electron chi connectivity index (χ0n) is 12.7. The molecule has 2 aromatic rings. The number of aliphatic carboxylic acids is 1. The van der Waals surface area contributed by atoms with Gasteiger partial charge in [0.2, 0.25) is 0 Å². The van der Waals surface area contributed by atoms with Crippen LogP contribution in [0.4, 0.5) is 16.2 Å². The van der Waals surface area contributed by atoms with Gasteiger partial charge in [0.05, 0.1) is 11.4 Å². The lowest BCUT2D eigenvalue weighted by Crippen LogP contribution is -2.52. The molecule has 1 heterocycles. The van der Waals surface area contributed by atoms with Crippen molar-refractivity contribution in [3.63, 3.8) is 0 Å². The maximum atomic E-state index is 12.9. The zero-order valence-corrected chi connectivity index (χ0v) is 13.5. The van der Waals surface area contributed by atoms with Gasteiger partial charge >= 0.3 is 12.0 Å². The Labute approximate surface area is 138 Å². The molecule has 0 aliphatic carbocycles. The van der Waals surface area contributed by atoms with Crippen LogP contribution in [-0.2, 0) is 14.8 Å². The minimum absolute atomic E-state index is 0.0632. The van der Waals surface area contributed by atoms with E-state index in [1.54, 1.807) is 18.2 Å². The van der Waals surface area contributed by atoms with Crippen molar-refractivity contribution < 1.29 is 23.1 Å². The third-order valence-corrected chi connectivity index (χ3v) is 5.39. The average Bonchev–Trinajstić information content (AvgIpc) is 2.53. The highest BCUT2D eigenvalue weighted by Gasteiger charge is 2.42. The second kappa shape index (κ2) is 5.64. The Morgan fingerprint density at radius 3 is 2.33 bits per heavy atom. The van der Waals surface area contributed by atoms with Crippen LogP contribution in [0.5, 0.6) is 0 Å². The van der Waals surface area contributed by atoms with Gasteiger partial charge in [-0.15, -0.1) is 0 Å². The molecular weight excluding hydrogens is 332 g/mol. The standard InChI is InChI=1S/C16H14N2O5S/c1-11-6-8-12(9-7-11)18-16(21)17(10-15(19)20)13-4-2-3-5-14(13)24(18,22)23/h2-9H,10H2,1H3,(H,19,20). The summed E-state index contributed by atoms with van der Waals surface area (Å²) in [6.45, 7) is 1.20. The van der Waals surface area contributed by atoms with Crippen LogP contribution < -0.4 is 9.21 Å². The number of carboxylic acids is 1. The first-order valence-corrected chi connectivity index (χ1v) is 8.50. The van der Waals surface area contributed by atoms with Crippen molar-refractivity contribution in [2.45, 2.75) is 11.8 Å². The van der Waals surface area contributed by atoms with Gasteiger partial charge in [-0.2, -0.15) is 4.31 Å². The first-order chi connectivity index (χ1) is 11.3. The molecule has 0 radical (unpaired) electrons. The van der Waals surface area contributed by atoms with Crippen LogP contribution in [0.2, 0.25) is 0 Å². The van der Waals surface area contributed by atoms with Crippen LogP contribution >= 0.6 is 0 Å². The molecule has 0 bridgehead atoms. The van der Waals surface area contributed by atoms with Crippen molar-refractivity contribution in [2.75, 3.05) is 15.7 Å². The summed E-state index contributed by atoms with van der Waals surface area (Å²) in [5.74, 6) is -1.23.